The summed E-state index contributed by atoms with van der Waals surface area (Å²) >= 11 is 6.06. The van der Waals surface area contributed by atoms with E-state index in [1.165, 1.54) is 0 Å². The van der Waals surface area contributed by atoms with E-state index >= 15 is 0 Å². The number of carbonyl (C=O) groups excluding carboxylic acids is 1. The Morgan fingerprint density at radius 3 is 2.50 bits per heavy atom. The fourth-order valence-corrected chi connectivity index (χ4v) is 3.16. The SMILES string of the molecule is COc1ccc(NC(=O)/C(C#N)=C/N2CCN(c3cccc(Cl)c3)CC2)cc1. The molecule has 0 bridgehead atoms. The summed E-state index contributed by atoms with van der Waals surface area (Å²) in [5, 5.41) is 12.8. The molecule has 0 spiro atoms. The zero-order valence-corrected chi connectivity index (χ0v) is 16.3. The van der Waals surface area contributed by atoms with Crippen LogP contribution in [0.25, 0.3) is 0 Å². The van der Waals surface area contributed by atoms with E-state index in [-0.39, 0.29) is 5.57 Å². The third kappa shape index (κ3) is 4.96. The fraction of sp³-hybridized carbons (Fsp3) is 0.238. The summed E-state index contributed by atoms with van der Waals surface area (Å²) in [6, 6.07) is 16.7. The fourth-order valence-electron chi connectivity index (χ4n) is 2.98. The maximum Gasteiger partial charge on any atom is 0.267 e. The van der Waals surface area contributed by atoms with Crippen LogP contribution in [0.4, 0.5) is 11.4 Å². The van der Waals surface area contributed by atoms with Gasteiger partial charge in [0, 0.05) is 48.8 Å². The van der Waals surface area contributed by atoms with Gasteiger partial charge in [0.25, 0.3) is 5.91 Å². The average molecular weight is 397 g/mol. The highest BCUT2D eigenvalue weighted by atomic mass is 35.5. The molecule has 0 aliphatic carbocycles. The largest absolute Gasteiger partial charge is 0.497 e. The lowest BCUT2D eigenvalue weighted by Gasteiger charge is -2.35. The molecule has 0 radical (unpaired) electrons. The molecule has 6 nitrogen and oxygen atoms in total. The number of benzene rings is 2. The van der Waals surface area contributed by atoms with Crippen LogP contribution in [0.3, 0.4) is 0 Å². The predicted molar refractivity (Wildman–Crippen MR) is 111 cm³/mol. The number of nitrogens with one attached hydrogen (secondary N) is 1. The van der Waals surface area contributed by atoms with E-state index in [0.717, 1.165) is 18.8 Å². The number of methoxy groups -OCH3 is 1. The number of amides is 1. The molecule has 0 unspecified atom stereocenters. The molecule has 1 heterocycles. The molecular weight excluding hydrogens is 376 g/mol. The van der Waals surface area contributed by atoms with Crippen molar-refractivity contribution in [2.75, 3.05) is 43.5 Å². The van der Waals surface area contributed by atoms with Gasteiger partial charge in [-0.25, -0.2) is 0 Å². The predicted octanol–water partition coefficient (Wildman–Crippen LogP) is 3.52. The number of nitriles is 1. The Balaban J connectivity index is 1.60. The van der Waals surface area contributed by atoms with Crippen LogP contribution in [-0.4, -0.2) is 44.1 Å². The molecule has 3 rings (SSSR count). The first-order valence-electron chi connectivity index (χ1n) is 8.91. The second-order valence-electron chi connectivity index (χ2n) is 6.34. The molecule has 1 amide bonds. The lowest BCUT2D eigenvalue weighted by molar-refractivity contribution is -0.112. The molecule has 0 atom stereocenters. The second kappa shape index (κ2) is 9.16. The summed E-state index contributed by atoms with van der Waals surface area (Å²) in [5.41, 5.74) is 1.76. The number of piperazine rings is 1. The number of ether oxygens (including phenoxy) is 1. The molecule has 144 valence electrons. The zero-order chi connectivity index (χ0) is 19.9. The summed E-state index contributed by atoms with van der Waals surface area (Å²) in [6.45, 7) is 3.01. The van der Waals surface area contributed by atoms with Gasteiger partial charge in [-0.3, -0.25) is 4.79 Å². The first-order valence-corrected chi connectivity index (χ1v) is 9.29. The van der Waals surface area contributed by atoms with Crippen LogP contribution in [0, 0.1) is 11.3 Å². The quantitative estimate of drug-likeness (QED) is 0.618. The van der Waals surface area contributed by atoms with Gasteiger partial charge in [-0.05, 0) is 42.5 Å². The zero-order valence-electron chi connectivity index (χ0n) is 15.6. The minimum atomic E-state index is -0.426. The summed E-state index contributed by atoms with van der Waals surface area (Å²) in [7, 11) is 1.58. The maximum atomic E-state index is 12.4. The van der Waals surface area contributed by atoms with Crippen LogP contribution in [0.15, 0.2) is 60.3 Å². The highest BCUT2D eigenvalue weighted by molar-refractivity contribution is 6.30. The topological polar surface area (TPSA) is 68.6 Å². The molecule has 2 aromatic rings. The van der Waals surface area contributed by atoms with Crippen LogP contribution < -0.4 is 15.0 Å². The second-order valence-corrected chi connectivity index (χ2v) is 6.78. The van der Waals surface area contributed by atoms with Gasteiger partial charge in [0.05, 0.1) is 7.11 Å². The van der Waals surface area contributed by atoms with Crippen molar-refractivity contribution in [3.8, 4) is 11.8 Å². The van der Waals surface area contributed by atoms with Crippen molar-refractivity contribution >= 4 is 28.9 Å². The Morgan fingerprint density at radius 2 is 1.89 bits per heavy atom. The van der Waals surface area contributed by atoms with Crippen molar-refractivity contribution in [1.29, 1.82) is 5.26 Å². The van der Waals surface area contributed by atoms with Crippen LogP contribution in [0.1, 0.15) is 0 Å². The van der Waals surface area contributed by atoms with Crippen molar-refractivity contribution in [3.05, 3.63) is 65.3 Å². The molecule has 1 N–H and O–H groups in total. The van der Waals surface area contributed by atoms with E-state index in [4.69, 9.17) is 16.3 Å². The number of carbonyl (C=O) groups is 1. The minimum Gasteiger partial charge on any atom is -0.497 e. The van der Waals surface area contributed by atoms with Crippen LogP contribution in [0.5, 0.6) is 5.75 Å². The normalized spacial score (nSPS) is 14.4. The maximum absolute atomic E-state index is 12.4. The first-order chi connectivity index (χ1) is 13.6. The highest BCUT2D eigenvalue weighted by Crippen LogP contribution is 2.21. The molecule has 0 saturated carbocycles. The van der Waals surface area contributed by atoms with Crippen LogP contribution in [-0.2, 0) is 4.79 Å². The van der Waals surface area contributed by atoms with Crippen molar-refractivity contribution in [3.63, 3.8) is 0 Å². The summed E-state index contributed by atoms with van der Waals surface area (Å²) in [4.78, 5) is 16.6. The summed E-state index contributed by atoms with van der Waals surface area (Å²) in [5.74, 6) is 0.275. The smallest absolute Gasteiger partial charge is 0.267 e. The van der Waals surface area contributed by atoms with Crippen molar-refractivity contribution in [2.45, 2.75) is 0 Å². The van der Waals surface area contributed by atoms with E-state index in [1.807, 2.05) is 35.2 Å². The van der Waals surface area contributed by atoms with Crippen molar-refractivity contribution < 1.29 is 9.53 Å². The Kier molecular flexibility index (Phi) is 6.41. The van der Waals surface area contributed by atoms with Gasteiger partial charge in [-0.1, -0.05) is 17.7 Å². The summed E-state index contributed by atoms with van der Waals surface area (Å²) in [6.07, 6.45) is 1.63. The summed E-state index contributed by atoms with van der Waals surface area (Å²) < 4.78 is 5.10. The minimum absolute atomic E-state index is 0.0759. The first kappa shape index (κ1) is 19.6. The molecule has 7 heteroatoms. The average Bonchev–Trinajstić information content (AvgIpc) is 2.73. The van der Waals surface area contributed by atoms with E-state index in [1.54, 1.807) is 37.6 Å². The Bertz CT molecular complexity index is 897. The van der Waals surface area contributed by atoms with Crippen LogP contribution in [0.2, 0.25) is 5.02 Å². The number of nitrogens with zero attached hydrogens (tertiary/aromatic N) is 3. The Morgan fingerprint density at radius 1 is 1.18 bits per heavy atom. The Labute approximate surface area is 169 Å². The molecule has 1 saturated heterocycles. The third-order valence-corrected chi connectivity index (χ3v) is 4.75. The number of rotatable bonds is 5. The highest BCUT2D eigenvalue weighted by Gasteiger charge is 2.18. The van der Waals surface area contributed by atoms with Crippen molar-refractivity contribution in [1.82, 2.24) is 4.90 Å². The molecule has 28 heavy (non-hydrogen) atoms. The molecular formula is C21H21ClN4O2. The Hall–Kier alpha value is -3.17. The van der Waals surface area contributed by atoms with E-state index in [9.17, 15) is 10.1 Å². The van der Waals surface area contributed by atoms with E-state index in [2.05, 4.69) is 10.2 Å². The number of hydrogen-bond acceptors (Lipinski definition) is 5. The molecule has 0 aromatic heterocycles. The van der Waals surface area contributed by atoms with Gasteiger partial charge in [-0.2, -0.15) is 5.26 Å². The number of anilines is 2. The number of hydrogen-bond donors (Lipinski definition) is 1. The van der Waals surface area contributed by atoms with Crippen LogP contribution >= 0.6 is 11.6 Å². The number of halogens is 1. The molecule has 1 fully saturated rings. The molecule has 2 aromatic carbocycles. The lowest BCUT2D eigenvalue weighted by Crippen LogP contribution is -2.44. The van der Waals surface area contributed by atoms with Gasteiger partial charge in [-0.15, -0.1) is 0 Å². The van der Waals surface area contributed by atoms with Gasteiger partial charge in [0.15, 0.2) is 0 Å². The molecule has 1 aliphatic heterocycles. The van der Waals surface area contributed by atoms with Gasteiger partial charge >= 0.3 is 0 Å². The van der Waals surface area contributed by atoms with Gasteiger partial charge in [0.1, 0.15) is 17.4 Å². The monoisotopic (exact) mass is 396 g/mol. The standard InChI is InChI=1S/C21H21ClN4O2/c1-28-20-7-5-18(6-8-20)24-21(27)16(14-23)15-25-9-11-26(12-10-25)19-4-2-3-17(22)13-19/h2-8,13,15H,9-12H2,1H3,(H,24,27)/b16-15+. The van der Waals surface area contributed by atoms with Gasteiger partial charge < -0.3 is 19.9 Å². The van der Waals surface area contributed by atoms with E-state index in [0.29, 0.717) is 29.5 Å². The van der Waals surface area contributed by atoms with Gasteiger partial charge in [0.2, 0.25) is 0 Å². The molecule has 1 aliphatic rings. The third-order valence-electron chi connectivity index (χ3n) is 4.51. The van der Waals surface area contributed by atoms with E-state index < -0.39 is 5.91 Å². The lowest BCUT2D eigenvalue weighted by atomic mass is 10.2. The van der Waals surface area contributed by atoms with Crippen molar-refractivity contribution in [2.24, 2.45) is 0 Å².